The number of nitrogens with one attached hydrogen (secondary N) is 1. The summed E-state index contributed by atoms with van der Waals surface area (Å²) in [6.45, 7) is 1.47. The number of carboxylic acids is 1. The van der Waals surface area contributed by atoms with E-state index in [2.05, 4.69) is 5.32 Å². The molecule has 0 radical (unpaired) electrons. The average Bonchev–Trinajstić information content (AvgIpc) is 2.99. The van der Waals surface area contributed by atoms with Crippen molar-refractivity contribution in [3.63, 3.8) is 0 Å². The van der Waals surface area contributed by atoms with Gasteiger partial charge in [-0.05, 0) is 37.3 Å². The maximum absolute atomic E-state index is 11.8. The first-order chi connectivity index (χ1) is 9.16. The molecule has 1 aliphatic rings. The minimum atomic E-state index is -0.830. The van der Waals surface area contributed by atoms with Crippen molar-refractivity contribution in [2.24, 2.45) is 0 Å². The smallest absolute Gasteiger partial charge is 0.320 e. The molecule has 1 aliphatic heterocycles. The summed E-state index contributed by atoms with van der Waals surface area (Å²) in [5, 5.41) is 13.9. The van der Waals surface area contributed by atoms with Crippen molar-refractivity contribution in [3.05, 3.63) is 22.4 Å². The van der Waals surface area contributed by atoms with Gasteiger partial charge in [-0.2, -0.15) is 0 Å². The third-order valence-corrected chi connectivity index (χ3v) is 4.21. The summed E-state index contributed by atoms with van der Waals surface area (Å²) in [7, 11) is 0. The van der Waals surface area contributed by atoms with Gasteiger partial charge in [-0.1, -0.05) is 6.07 Å². The van der Waals surface area contributed by atoms with Crippen LogP contribution in [0.2, 0.25) is 0 Å². The molecule has 0 spiro atoms. The first-order valence-corrected chi connectivity index (χ1v) is 7.30. The Morgan fingerprint density at radius 2 is 2.37 bits per heavy atom. The molecule has 0 bridgehead atoms. The molecule has 1 unspecified atom stereocenters. The normalized spacial score (nSPS) is 19.5. The maximum Gasteiger partial charge on any atom is 0.320 e. The van der Waals surface area contributed by atoms with Crippen molar-refractivity contribution in [2.75, 3.05) is 19.6 Å². The van der Waals surface area contributed by atoms with E-state index in [-0.39, 0.29) is 12.5 Å². The first kappa shape index (κ1) is 14.0. The molecule has 2 N–H and O–H groups in total. The number of carbonyl (C=O) groups excluding carboxylic acids is 1. The van der Waals surface area contributed by atoms with Gasteiger partial charge in [0.1, 0.15) is 6.04 Å². The Bertz CT molecular complexity index is 433. The number of hydrogen-bond acceptors (Lipinski definition) is 4. The van der Waals surface area contributed by atoms with Crippen molar-refractivity contribution in [2.45, 2.75) is 25.3 Å². The molecule has 2 heterocycles. The molecule has 1 fully saturated rings. The van der Waals surface area contributed by atoms with Gasteiger partial charge in [0, 0.05) is 11.4 Å². The van der Waals surface area contributed by atoms with E-state index in [0.717, 1.165) is 12.8 Å². The minimum absolute atomic E-state index is 0.0929. The van der Waals surface area contributed by atoms with Gasteiger partial charge in [-0.15, -0.1) is 11.3 Å². The summed E-state index contributed by atoms with van der Waals surface area (Å²) in [4.78, 5) is 25.7. The van der Waals surface area contributed by atoms with E-state index in [1.54, 1.807) is 16.2 Å². The Labute approximate surface area is 116 Å². The highest BCUT2D eigenvalue weighted by Gasteiger charge is 2.31. The highest BCUT2D eigenvalue weighted by atomic mass is 32.1. The van der Waals surface area contributed by atoms with Crippen molar-refractivity contribution in [3.8, 4) is 0 Å². The fourth-order valence-corrected chi connectivity index (χ4v) is 3.02. The molecule has 5 nitrogen and oxygen atoms in total. The number of nitrogens with zero attached hydrogens (tertiary/aromatic N) is 1. The quantitative estimate of drug-likeness (QED) is 0.815. The van der Waals surface area contributed by atoms with Crippen LogP contribution in [0.5, 0.6) is 0 Å². The van der Waals surface area contributed by atoms with E-state index in [1.165, 1.54) is 4.88 Å². The van der Waals surface area contributed by atoms with E-state index in [0.29, 0.717) is 19.5 Å². The summed E-state index contributed by atoms with van der Waals surface area (Å²) in [6.07, 6.45) is 2.31. The van der Waals surface area contributed by atoms with Crippen LogP contribution in [0.3, 0.4) is 0 Å². The number of hydrogen-bond donors (Lipinski definition) is 2. The Balaban J connectivity index is 1.70. The summed E-state index contributed by atoms with van der Waals surface area (Å²) >= 11 is 1.67. The molecule has 19 heavy (non-hydrogen) atoms. The summed E-state index contributed by atoms with van der Waals surface area (Å²) in [5.41, 5.74) is 0. The number of aliphatic carboxylic acids is 1. The molecule has 1 saturated heterocycles. The molecule has 1 aromatic rings. The number of thiophene rings is 1. The lowest BCUT2D eigenvalue weighted by Crippen LogP contribution is -2.43. The van der Waals surface area contributed by atoms with E-state index >= 15 is 0 Å². The Morgan fingerprint density at radius 1 is 1.53 bits per heavy atom. The molecule has 1 amide bonds. The van der Waals surface area contributed by atoms with Gasteiger partial charge >= 0.3 is 5.97 Å². The van der Waals surface area contributed by atoms with Crippen LogP contribution >= 0.6 is 11.3 Å². The molecule has 1 aromatic heterocycles. The van der Waals surface area contributed by atoms with Crippen LogP contribution in [0.4, 0.5) is 0 Å². The number of likely N-dealkylation sites (tertiary alicyclic amines) is 1. The molecule has 2 rings (SSSR count). The van der Waals surface area contributed by atoms with Gasteiger partial charge in [0.2, 0.25) is 5.91 Å². The SMILES string of the molecule is O=C(CN1CCCC1C(=O)O)NCCc1cccs1. The van der Waals surface area contributed by atoms with Gasteiger partial charge in [-0.25, -0.2) is 0 Å². The zero-order chi connectivity index (χ0) is 13.7. The van der Waals surface area contributed by atoms with Crippen molar-refractivity contribution >= 4 is 23.2 Å². The second-order valence-corrected chi connectivity index (χ2v) is 5.68. The summed E-state index contributed by atoms with van der Waals surface area (Å²) < 4.78 is 0. The number of carbonyl (C=O) groups is 2. The predicted octanol–water partition coefficient (Wildman–Crippen LogP) is 0.956. The van der Waals surface area contributed by atoms with Crippen LogP contribution < -0.4 is 5.32 Å². The molecular weight excluding hydrogens is 264 g/mol. The molecule has 104 valence electrons. The molecule has 1 atom stereocenters. The van der Waals surface area contributed by atoms with Crippen LogP contribution in [0.15, 0.2) is 17.5 Å². The first-order valence-electron chi connectivity index (χ1n) is 6.43. The van der Waals surface area contributed by atoms with Crippen LogP contribution in [0.1, 0.15) is 17.7 Å². The van der Waals surface area contributed by atoms with Gasteiger partial charge < -0.3 is 10.4 Å². The number of rotatable bonds is 6. The van der Waals surface area contributed by atoms with E-state index in [4.69, 9.17) is 5.11 Å². The second kappa shape index (κ2) is 6.68. The van der Waals surface area contributed by atoms with E-state index in [1.807, 2.05) is 17.5 Å². The average molecular weight is 282 g/mol. The standard InChI is InChI=1S/C13H18N2O3S/c16-12(14-6-5-10-3-2-8-19-10)9-15-7-1-4-11(15)13(17)18/h2-3,8,11H,1,4-7,9H2,(H,14,16)(H,17,18). The number of amides is 1. The van der Waals surface area contributed by atoms with Gasteiger partial charge in [-0.3, -0.25) is 14.5 Å². The molecule has 0 saturated carbocycles. The van der Waals surface area contributed by atoms with E-state index < -0.39 is 12.0 Å². The second-order valence-electron chi connectivity index (χ2n) is 4.65. The zero-order valence-corrected chi connectivity index (χ0v) is 11.5. The fourth-order valence-electron chi connectivity index (χ4n) is 2.32. The Hall–Kier alpha value is -1.40. The lowest BCUT2D eigenvalue weighted by atomic mass is 10.2. The van der Waals surface area contributed by atoms with Gasteiger partial charge in [0.25, 0.3) is 0 Å². The highest BCUT2D eigenvalue weighted by molar-refractivity contribution is 7.09. The topological polar surface area (TPSA) is 69.6 Å². The van der Waals surface area contributed by atoms with Crippen LogP contribution in [-0.4, -0.2) is 47.6 Å². The van der Waals surface area contributed by atoms with Crippen LogP contribution in [-0.2, 0) is 16.0 Å². The lowest BCUT2D eigenvalue weighted by molar-refractivity contribution is -0.142. The van der Waals surface area contributed by atoms with Crippen molar-refractivity contribution in [1.29, 1.82) is 0 Å². The molecule has 0 aliphatic carbocycles. The fraction of sp³-hybridized carbons (Fsp3) is 0.538. The Kier molecular flexibility index (Phi) is 4.93. The van der Waals surface area contributed by atoms with Crippen LogP contribution in [0.25, 0.3) is 0 Å². The zero-order valence-electron chi connectivity index (χ0n) is 10.7. The largest absolute Gasteiger partial charge is 0.480 e. The summed E-state index contributed by atoms with van der Waals surface area (Å²) in [6, 6.07) is 3.53. The summed E-state index contributed by atoms with van der Waals surface area (Å²) in [5.74, 6) is -0.923. The number of carboxylic acid groups (broad SMARTS) is 1. The van der Waals surface area contributed by atoms with Gasteiger partial charge in [0.15, 0.2) is 0 Å². The molecular formula is C13H18N2O3S. The highest BCUT2D eigenvalue weighted by Crippen LogP contribution is 2.16. The van der Waals surface area contributed by atoms with E-state index in [9.17, 15) is 9.59 Å². The van der Waals surface area contributed by atoms with Crippen molar-refractivity contribution in [1.82, 2.24) is 10.2 Å². The third kappa shape index (κ3) is 4.04. The molecule has 0 aromatic carbocycles. The maximum atomic E-state index is 11.8. The monoisotopic (exact) mass is 282 g/mol. The predicted molar refractivity (Wildman–Crippen MR) is 73.3 cm³/mol. The van der Waals surface area contributed by atoms with Crippen LogP contribution in [0, 0.1) is 0 Å². The minimum Gasteiger partial charge on any atom is -0.480 e. The third-order valence-electron chi connectivity index (χ3n) is 3.27. The molecule has 6 heteroatoms. The Morgan fingerprint density at radius 3 is 3.05 bits per heavy atom. The van der Waals surface area contributed by atoms with Crippen molar-refractivity contribution < 1.29 is 14.7 Å². The lowest BCUT2D eigenvalue weighted by Gasteiger charge is -2.20. The van der Waals surface area contributed by atoms with Gasteiger partial charge in [0.05, 0.1) is 6.54 Å².